The molecular weight excluding hydrogens is 508 g/mol. The predicted molar refractivity (Wildman–Crippen MR) is 164 cm³/mol. The summed E-state index contributed by atoms with van der Waals surface area (Å²) in [7, 11) is 0. The van der Waals surface area contributed by atoms with E-state index in [1.807, 2.05) is 86.6 Å². The van der Waals surface area contributed by atoms with Crippen molar-refractivity contribution >= 4 is 18.0 Å². The first-order valence-corrected chi connectivity index (χ1v) is 13.6. The Morgan fingerprint density at radius 1 is 0.780 bits per heavy atom. The quantitative estimate of drug-likeness (QED) is 0.160. The number of rotatable bonds is 9. The Morgan fingerprint density at radius 2 is 1.37 bits per heavy atom. The Kier molecular flexibility index (Phi) is 8.50. The lowest BCUT2D eigenvalue weighted by molar-refractivity contribution is -0.121. The number of carbonyl (C=O) groups excluding carboxylic acids is 2. The highest BCUT2D eigenvalue weighted by Gasteiger charge is 2.19. The standard InChI is InChI=1S/C35H32N4O2/c1-25-22-31(26(2)39(25)32-20-18-28(19-21-32)27-12-6-3-7-13-27)24-36-38-34(40)23-33(29-14-8-4-9-15-29)37-35(41)30-16-10-5-11-17-30/h3-22,24,33H,23H2,1-2H3,(H,37,41)(H,38,40)/b36-24-/t33-/m1/s1. The summed E-state index contributed by atoms with van der Waals surface area (Å²) in [5.41, 5.74) is 10.4. The van der Waals surface area contributed by atoms with Gasteiger partial charge in [-0.05, 0) is 60.9 Å². The van der Waals surface area contributed by atoms with Crippen LogP contribution in [0.1, 0.15) is 45.3 Å². The molecule has 0 radical (unpaired) electrons. The van der Waals surface area contributed by atoms with Crippen LogP contribution in [0.4, 0.5) is 0 Å². The molecular formula is C35H32N4O2. The number of hydrazone groups is 1. The van der Waals surface area contributed by atoms with E-state index >= 15 is 0 Å². The molecule has 2 amide bonds. The van der Waals surface area contributed by atoms with E-state index in [0.29, 0.717) is 5.56 Å². The highest BCUT2D eigenvalue weighted by atomic mass is 16.2. The van der Waals surface area contributed by atoms with Crippen molar-refractivity contribution in [1.29, 1.82) is 0 Å². The molecule has 6 heteroatoms. The molecule has 0 saturated carbocycles. The van der Waals surface area contributed by atoms with Gasteiger partial charge in [0.25, 0.3) is 5.91 Å². The van der Waals surface area contributed by atoms with Crippen molar-refractivity contribution in [1.82, 2.24) is 15.3 Å². The zero-order valence-corrected chi connectivity index (χ0v) is 23.1. The molecule has 0 aliphatic rings. The van der Waals surface area contributed by atoms with Crippen LogP contribution in [0.15, 0.2) is 126 Å². The van der Waals surface area contributed by atoms with Gasteiger partial charge in [-0.1, -0.05) is 91.0 Å². The molecule has 5 rings (SSSR count). The largest absolute Gasteiger partial charge is 0.345 e. The van der Waals surface area contributed by atoms with Crippen molar-refractivity contribution in [3.8, 4) is 16.8 Å². The summed E-state index contributed by atoms with van der Waals surface area (Å²) in [4.78, 5) is 25.7. The normalized spacial score (nSPS) is 11.8. The number of nitrogens with one attached hydrogen (secondary N) is 2. The van der Waals surface area contributed by atoms with Gasteiger partial charge < -0.3 is 9.88 Å². The number of nitrogens with zero attached hydrogens (tertiary/aromatic N) is 2. The van der Waals surface area contributed by atoms with Crippen molar-refractivity contribution in [2.24, 2.45) is 5.10 Å². The number of benzene rings is 4. The van der Waals surface area contributed by atoms with Crippen LogP contribution >= 0.6 is 0 Å². The third-order valence-electron chi connectivity index (χ3n) is 7.03. The third-order valence-corrected chi connectivity index (χ3v) is 7.03. The highest BCUT2D eigenvalue weighted by Crippen LogP contribution is 2.24. The number of aryl methyl sites for hydroxylation is 1. The second kappa shape index (κ2) is 12.7. The number of hydrogen-bond donors (Lipinski definition) is 2. The summed E-state index contributed by atoms with van der Waals surface area (Å²) < 4.78 is 2.17. The fourth-order valence-corrected chi connectivity index (χ4v) is 4.92. The topological polar surface area (TPSA) is 75.5 Å². The van der Waals surface area contributed by atoms with Gasteiger partial charge in [-0.3, -0.25) is 9.59 Å². The summed E-state index contributed by atoms with van der Waals surface area (Å²) in [6.45, 7) is 4.08. The van der Waals surface area contributed by atoms with Gasteiger partial charge in [0.2, 0.25) is 5.91 Å². The third kappa shape index (κ3) is 6.68. The fraction of sp³-hybridized carbons (Fsp3) is 0.114. The van der Waals surface area contributed by atoms with Crippen molar-refractivity contribution in [2.75, 3.05) is 0 Å². The van der Waals surface area contributed by atoms with E-state index in [4.69, 9.17) is 0 Å². The van der Waals surface area contributed by atoms with Crippen molar-refractivity contribution in [3.63, 3.8) is 0 Å². The minimum Gasteiger partial charge on any atom is -0.345 e. The summed E-state index contributed by atoms with van der Waals surface area (Å²) in [6.07, 6.45) is 1.71. The molecule has 204 valence electrons. The average molecular weight is 541 g/mol. The Labute approximate surface area is 240 Å². The first kappa shape index (κ1) is 27.3. The van der Waals surface area contributed by atoms with Crippen LogP contribution < -0.4 is 10.7 Å². The maximum atomic E-state index is 12.9. The summed E-state index contributed by atoms with van der Waals surface area (Å²) in [5.74, 6) is -0.534. The minimum atomic E-state index is -0.497. The van der Waals surface area contributed by atoms with Gasteiger partial charge in [0.05, 0.1) is 18.7 Å². The number of amides is 2. The zero-order valence-electron chi connectivity index (χ0n) is 23.1. The Morgan fingerprint density at radius 3 is 2.02 bits per heavy atom. The van der Waals surface area contributed by atoms with Gasteiger partial charge in [-0.25, -0.2) is 5.43 Å². The van der Waals surface area contributed by atoms with Crippen molar-refractivity contribution in [2.45, 2.75) is 26.3 Å². The molecule has 5 aromatic rings. The van der Waals surface area contributed by atoms with Crippen molar-refractivity contribution < 1.29 is 9.59 Å². The molecule has 0 aliphatic carbocycles. The molecule has 0 bridgehead atoms. The first-order valence-electron chi connectivity index (χ1n) is 13.6. The van der Waals surface area contributed by atoms with Crippen LogP contribution in [0, 0.1) is 13.8 Å². The fourth-order valence-electron chi connectivity index (χ4n) is 4.92. The molecule has 41 heavy (non-hydrogen) atoms. The Balaban J connectivity index is 1.26. The van der Waals surface area contributed by atoms with Crippen LogP contribution in [-0.2, 0) is 4.79 Å². The molecule has 2 N–H and O–H groups in total. The number of aromatic nitrogens is 1. The molecule has 1 heterocycles. The van der Waals surface area contributed by atoms with E-state index < -0.39 is 6.04 Å². The first-order chi connectivity index (χ1) is 20.0. The smallest absolute Gasteiger partial charge is 0.251 e. The summed E-state index contributed by atoms with van der Waals surface area (Å²) in [5, 5.41) is 7.22. The van der Waals surface area contributed by atoms with E-state index in [9.17, 15) is 9.59 Å². The monoisotopic (exact) mass is 540 g/mol. The second-order valence-corrected chi connectivity index (χ2v) is 9.87. The lowest BCUT2D eigenvalue weighted by Gasteiger charge is -2.18. The highest BCUT2D eigenvalue weighted by molar-refractivity contribution is 5.94. The van der Waals surface area contributed by atoms with Gasteiger partial charge in [0, 0.05) is 28.2 Å². The van der Waals surface area contributed by atoms with E-state index in [1.54, 1.807) is 18.3 Å². The van der Waals surface area contributed by atoms with Crippen LogP contribution in [-0.4, -0.2) is 22.6 Å². The summed E-state index contributed by atoms with van der Waals surface area (Å²) in [6, 6.07) is 38.7. The van der Waals surface area contributed by atoms with E-state index in [1.165, 1.54) is 5.56 Å². The van der Waals surface area contributed by atoms with E-state index in [0.717, 1.165) is 33.8 Å². The predicted octanol–water partition coefficient (Wildman–Crippen LogP) is 6.77. The van der Waals surface area contributed by atoms with Gasteiger partial charge in [0.1, 0.15) is 0 Å². The van der Waals surface area contributed by atoms with E-state index in [-0.39, 0.29) is 18.2 Å². The molecule has 0 fully saturated rings. The SMILES string of the molecule is Cc1cc(/C=N\NC(=O)C[C@@H](NC(=O)c2ccccc2)c2ccccc2)c(C)n1-c1ccc(-c2ccccc2)cc1. The molecule has 4 aromatic carbocycles. The van der Waals surface area contributed by atoms with Gasteiger partial charge in [-0.2, -0.15) is 5.10 Å². The van der Waals surface area contributed by atoms with Crippen LogP contribution in [0.25, 0.3) is 16.8 Å². The average Bonchev–Trinajstić information content (AvgIpc) is 3.30. The second-order valence-electron chi connectivity index (χ2n) is 9.87. The molecule has 1 aromatic heterocycles. The molecule has 0 spiro atoms. The Hall–Kier alpha value is -5.23. The number of carbonyl (C=O) groups is 2. The summed E-state index contributed by atoms with van der Waals surface area (Å²) >= 11 is 0. The van der Waals surface area contributed by atoms with E-state index in [2.05, 4.69) is 56.8 Å². The Bertz CT molecular complexity index is 1640. The minimum absolute atomic E-state index is 0.0483. The van der Waals surface area contributed by atoms with Crippen LogP contribution in [0.2, 0.25) is 0 Å². The molecule has 1 atom stereocenters. The van der Waals surface area contributed by atoms with Crippen LogP contribution in [0.3, 0.4) is 0 Å². The van der Waals surface area contributed by atoms with Gasteiger partial charge >= 0.3 is 0 Å². The van der Waals surface area contributed by atoms with Crippen molar-refractivity contribution in [3.05, 3.63) is 149 Å². The lowest BCUT2D eigenvalue weighted by atomic mass is 10.0. The van der Waals surface area contributed by atoms with Gasteiger partial charge in [0.15, 0.2) is 0 Å². The zero-order chi connectivity index (χ0) is 28.6. The molecule has 6 nitrogen and oxygen atoms in total. The maximum Gasteiger partial charge on any atom is 0.251 e. The molecule has 0 aliphatic heterocycles. The van der Waals surface area contributed by atoms with Crippen LogP contribution in [0.5, 0.6) is 0 Å². The number of hydrogen-bond acceptors (Lipinski definition) is 3. The van der Waals surface area contributed by atoms with Gasteiger partial charge in [-0.15, -0.1) is 0 Å². The lowest BCUT2D eigenvalue weighted by Crippen LogP contribution is -2.32. The maximum absolute atomic E-state index is 12.9. The molecule has 0 saturated heterocycles. The molecule has 0 unspecified atom stereocenters.